The van der Waals surface area contributed by atoms with Crippen molar-refractivity contribution in [3.05, 3.63) is 24.3 Å². The van der Waals surface area contributed by atoms with Gasteiger partial charge in [0.05, 0.1) is 39.9 Å². The van der Waals surface area contributed by atoms with Crippen molar-refractivity contribution in [2.75, 3.05) is 40.9 Å². The maximum absolute atomic E-state index is 12.8. The molecule has 3 N–H and O–H groups in total. The SMILES string of the molecule is CCCC/C=C/CC/C=C/C(O)C(COP(=O)(O)OCC[N+](C)(C)C)NC(=O)CCCCCCCCCCCCCCCCCCCCCCCCC. The second-order valence-electron chi connectivity index (χ2n) is 16.4. The average molecular weight is 772 g/mol. The average Bonchev–Trinajstić information content (AvgIpc) is 3.10. The number of hydrogen-bond donors (Lipinski definition) is 3. The highest BCUT2D eigenvalue weighted by atomic mass is 31.2. The van der Waals surface area contributed by atoms with Crippen LogP contribution in [0.15, 0.2) is 24.3 Å². The molecule has 0 aliphatic rings. The fourth-order valence-electron chi connectivity index (χ4n) is 6.34. The van der Waals surface area contributed by atoms with Gasteiger partial charge in [0, 0.05) is 6.42 Å². The molecule has 0 fully saturated rings. The molecule has 3 unspecified atom stereocenters. The zero-order valence-electron chi connectivity index (χ0n) is 35.5. The summed E-state index contributed by atoms with van der Waals surface area (Å²) in [6.07, 6.45) is 42.8. The second-order valence-corrected chi connectivity index (χ2v) is 17.9. The van der Waals surface area contributed by atoms with E-state index in [9.17, 15) is 19.4 Å². The van der Waals surface area contributed by atoms with Gasteiger partial charge in [-0.25, -0.2) is 4.57 Å². The minimum Gasteiger partial charge on any atom is -0.387 e. The van der Waals surface area contributed by atoms with Crippen LogP contribution in [-0.2, 0) is 18.4 Å². The third kappa shape index (κ3) is 39.0. The van der Waals surface area contributed by atoms with Gasteiger partial charge in [0.1, 0.15) is 13.2 Å². The molecule has 0 aromatic carbocycles. The monoisotopic (exact) mass is 772 g/mol. The number of carbonyl (C=O) groups is 1. The van der Waals surface area contributed by atoms with E-state index < -0.39 is 20.0 Å². The predicted octanol–water partition coefficient (Wildman–Crippen LogP) is 12.1. The van der Waals surface area contributed by atoms with Gasteiger partial charge in [0.15, 0.2) is 0 Å². The summed E-state index contributed by atoms with van der Waals surface area (Å²) in [5, 5.41) is 13.7. The highest BCUT2D eigenvalue weighted by Gasteiger charge is 2.27. The molecule has 0 rings (SSSR count). The topological polar surface area (TPSA) is 105 Å². The van der Waals surface area contributed by atoms with Crippen molar-refractivity contribution in [2.45, 2.75) is 212 Å². The van der Waals surface area contributed by atoms with E-state index in [0.29, 0.717) is 17.4 Å². The van der Waals surface area contributed by atoms with Gasteiger partial charge in [0.2, 0.25) is 5.91 Å². The number of phosphoric acid groups is 1. The van der Waals surface area contributed by atoms with Crippen molar-refractivity contribution in [3.8, 4) is 0 Å². The van der Waals surface area contributed by atoms with Crippen LogP contribution in [-0.4, -0.2) is 73.4 Å². The standard InChI is InChI=1S/C44H87N2O6P/c1-6-8-10-12-14-16-17-18-19-20-21-22-23-24-25-26-27-28-29-30-32-34-36-38-44(48)45-42(41-52-53(49,50)51-40-39-46(3,4)5)43(47)37-35-33-31-15-13-11-9-7-2/h13,15,35,37,42-43,47H,6-12,14,16-34,36,38-41H2,1-5H3,(H-,45,48,49,50)/p+1/b15-13+,37-35+. The molecule has 0 bridgehead atoms. The lowest BCUT2D eigenvalue weighted by Gasteiger charge is -2.25. The first kappa shape index (κ1) is 52.0. The first-order chi connectivity index (χ1) is 25.5. The van der Waals surface area contributed by atoms with Gasteiger partial charge in [0.25, 0.3) is 0 Å². The minimum absolute atomic E-state index is 0.0576. The van der Waals surface area contributed by atoms with Crippen molar-refractivity contribution in [1.82, 2.24) is 5.32 Å². The van der Waals surface area contributed by atoms with Gasteiger partial charge >= 0.3 is 7.82 Å². The normalized spacial score (nSPS) is 14.6. The largest absolute Gasteiger partial charge is 0.472 e. The van der Waals surface area contributed by atoms with Crippen molar-refractivity contribution < 1.29 is 32.9 Å². The van der Waals surface area contributed by atoms with Crippen LogP contribution < -0.4 is 5.32 Å². The van der Waals surface area contributed by atoms with E-state index in [0.717, 1.165) is 38.5 Å². The molecule has 9 heteroatoms. The Balaban J connectivity index is 4.14. The Morgan fingerprint density at radius 1 is 0.623 bits per heavy atom. The number of amides is 1. The zero-order chi connectivity index (χ0) is 39.3. The van der Waals surface area contributed by atoms with Gasteiger partial charge < -0.3 is 19.8 Å². The first-order valence-corrected chi connectivity index (χ1v) is 23.7. The number of aliphatic hydroxyl groups excluding tert-OH is 1. The fourth-order valence-corrected chi connectivity index (χ4v) is 7.07. The van der Waals surface area contributed by atoms with E-state index in [4.69, 9.17) is 9.05 Å². The number of aliphatic hydroxyl groups is 1. The van der Waals surface area contributed by atoms with Crippen LogP contribution in [0.5, 0.6) is 0 Å². The summed E-state index contributed by atoms with van der Waals surface area (Å²) < 4.78 is 23.4. The summed E-state index contributed by atoms with van der Waals surface area (Å²) in [6, 6.07) is -0.856. The molecule has 0 saturated heterocycles. The van der Waals surface area contributed by atoms with Gasteiger partial charge in [-0.2, -0.15) is 0 Å². The molecular weight excluding hydrogens is 683 g/mol. The second kappa shape index (κ2) is 36.6. The Morgan fingerprint density at radius 2 is 1.04 bits per heavy atom. The lowest BCUT2D eigenvalue weighted by atomic mass is 10.0. The van der Waals surface area contributed by atoms with E-state index in [1.807, 2.05) is 27.2 Å². The molecule has 0 radical (unpaired) electrons. The van der Waals surface area contributed by atoms with Crippen molar-refractivity contribution in [2.24, 2.45) is 0 Å². The highest BCUT2D eigenvalue weighted by Crippen LogP contribution is 2.43. The smallest absolute Gasteiger partial charge is 0.387 e. The Hall–Kier alpha value is -1.02. The van der Waals surface area contributed by atoms with Gasteiger partial charge in [-0.3, -0.25) is 13.8 Å². The van der Waals surface area contributed by atoms with E-state index >= 15 is 0 Å². The number of nitrogens with one attached hydrogen (secondary N) is 1. The van der Waals surface area contributed by atoms with Crippen LogP contribution >= 0.6 is 7.82 Å². The fraction of sp³-hybridized carbons (Fsp3) is 0.886. The van der Waals surface area contributed by atoms with E-state index in [2.05, 4.69) is 31.3 Å². The minimum atomic E-state index is -4.33. The summed E-state index contributed by atoms with van der Waals surface area (Å²) in [5.74, 6) is -0.188. The molecule has 0 saturated carbocycles. The van der Waals surface area contributed by atoms with Crippen LogP contribution in [0.2, 0.25) is 0 Å². The molecule has 53 heavy (non-hydrogen) atoms. The van der Waals surface area contributed by atoms with Gasteiger partial charge in [-0.1, -0.05) is 192 Å². The molecule has 314 valence electrons. The lowest BCUT2D eigenvalue weighted by Crippen LogP contribution is -2.45. The van der Waals surface area contributed by atoms with Crippen LogP contribution in [0.3, 0.4) is 0 Å². The van der Waals surface area contributed by atoms with Gasteiger partial charge in [-0.15, -0.1) is 0 Å². The number of hydrogen-bond acceptors (Lipinski definition) is 5. The van der Waals surface area contributed by atoms with E-state index in [-0.39, 0.29) is 19.1 Å². The summed E-state index contributed by atoms with van der Waals surface area (Å²) >= 11 is 0. The maximum Gasteiger partial charge on any atom is 0.472 e. The molecule has 0 aliphatic heterocycles. The van der Waals surface area contributed by atoms with Gasteiger partial charge in [-0.05, 0) is 25.7 Å². The number of nitrogens with zero attached hydrogens (tertiary/aromatic N) is 1. The number of phosphoric ester groups is 1. The lowest BCUT2D eigenvalue weighted by molar-refractivity contribution is -0.870. The van der Waals surface area contributed by atoms with Crippen molar-refractivity contribution >= 4 is 13.7 Å². The molecule has 3 atom stereocenters. The molecule has 0 aromatic heterocycles. The quantitative estimate of drug-likeness (QED) is 0.0248. The zero-order valence-corrected chi connectivity index (χ0v) is 36.4. The Labute approximate surface area is 328 Å². The molecule has 1 amide bonds. The highest BCUT2D eigenvalue weighted by molar-refractivity contribution is 7.47. The van der Waals surface area contributed by atoms with Crippen molar-refractivity contribution in [3.63, 3.8) is 0 Å². The number of quaternary nitrogens is 1. The van der Waals surface area contributed by atoms with E-state index in [1.54, 1.807) is 6.08 Å². The summed E-state index contributed by atoms with van der Waals surface area (Å²) in [4.78, 5) is 23.0. The number of rotatable bonds is 40. The Morgan fingerprint density at radius 3 is 1.49 bits per heavy atom. The molecule has 0 heterocycles. The molecule has 8 nitrogen and oxygen atoms in total. The van der Waals surface area contributed by atoms with Crippen LogP contribution in [0.1, 0.15) is 200 Å². The molecule has 0 spiro atoms. The van der Waals surface area contributed by atoms with Crippen LogP contribution in [0, 0.1) is 0 Å². The van der Waals surface area contributed by atoms with Crippen LogP contribution in [0.4, 0.5) is 0 Å². The maximum atomic E-state index is 12.8. The number of likely N-dealkylation sites (N-methyl/N-ethyl adjacent to an activating group) is 1. The summed E-state index contributed by atoms with van der Waals surface area (Å²) in [7, 11) is 1.56. The number of allylic oxidation sites excluding steroid dienone is 3. The molecule has 0 aliphatic carbocycles. The number of unbranched alkanes of at least 4 members (excludes halogenated alkanes) is 25. The van der Waals surface area contributed by atoms with Crippen molar-refractivity contribution in [1.29, 1.82) is 0 Å². The predicted molar refractivity (Wildman–Crippen MR) is 226 cm³/mol. The Bertz CT molecular complexity index is 922. The summed E-state index contributed by atoms with van der Waals surface area (Å²) in [6.45, 7) is 4.72. The summed E-state index contributed by atoms with van der Waals surface area (Å²) in [5.41, 5.74) is 0. The van der Waals surface area contributed by atoms with Crippen LogP contribution in [0.25, 0.3) is 0 Å². The molecular formula is C44H88N2O6P+. The Kier molecular flexibility index (Phi) is 35.9. The first-order valence-electron chi connectivity index (χ1n) is 22.2. The number of carbonyl (C=O) groups excluding carboxylic acids is 1. The third-order valence-corrected chi connectivity index (χ3v) is 10.9. The van der Waals surface area contributed by atoms with E-state index in [1.165, 1.54) is 141 Å². The molecule has 0 aromatic rings. The third-order valence-electron chi connectivity index (χ3n) is 9.92.